The molecule has 0 radical (unpaired) electrons. The summed E-state index contributed by atoms with van der Waals surface area (Å²) in [6.45, 7) is 3.56. The van der Waals surface area contributed by atoms with Crippen molar-refractivity contribution in [2.45, 2.75) is 51.4 Å². The maximum Gasteiger partial charge on any atom is 0.491 e. The number of amides is 2. The summed E-state index contributed by atoms with van der Waals surface area (Å²) in [6.07, 6.45) is -4.91. The van der Waals surface area contributed by atoms with Gasteiger partial charge in [-0.25, -0.2) is 4.79 Å². The zero-order valence-electron chi connectivity index (χ0n) is 21.5. The van der Waals surface area contributed by atoms with Crippen LogP contribution < -0.4 is 10.6 Å². The van der Waals surface area contributed by atoms with Gasteiger partial charge in [0, 0.05) is 18.0 Å². The molecule has 1 aliphatic heterocycles. The smallest absolute Gasteiger partial charge is 0.386 e. The predicted molar refractivity (Wildman–Crippen MR) is 136 cm³/mol. The number of hydrogen-bond acceptors (Lipinski definition) is 6. The lowest BCUT2D eigenvalue weighted by Crippen LogP contribution is -2.44. The molecule has 0 fully saturated rings. The number of nitrogens with zero attached hydrogens (tertiary/aromatic N) is 2. The molecule has 1 atom stereocenters. The lowest BCUT2D eigenvalue weighted by molar-refractivity contribution is -0.202. The summed E-state index contributed by atoms with van der Waals surface area (Å²) in [4.78, 5) is 53.6. The zero-order chi connectivity index (χ0) is 28.7. The van der Waals surface area contributed by atoms with E-state index < -0.39 is 48.9 Å². The van der Waals surface area contributed by atoms with Crippen LogP contribution in [0, 0.1) is 11.8 Å². The maximum absolute atomic E-state index is 13.9. The zero-order valence-corrected chi connectivity index (χ0v) is 21.5. The Hall–Kier alpha value is -4.17. The first kappa shape index (κ1) is 29.4. The van der Waals surface area contributed by atoms with E-state index in [1.165, 1.54) is 4.90 Å². The first-order chi connectivity index (χ1) is 18.4. The monoisotopic (exact) mass is 543 g/mol. The Morgan fingerprint density at radius 2 is 1.79 bits per heavy atom. The number of halogens is 3. The first-order valence-electron chi connectivity index (χ1n) is 12.3. The van der Waals surface area contributed by atoms with E-state index in [4.69, 9.17) is 5.73 Å². The van der Waals surface area contributed by atoms with Gasteiger partial charge >= 0.3 is 18.1 Å². The minimum Gasteiger partial charge on any atom is -0.386 e. The molecule has 2 N–H and O–H groups in total. The Morgan fingerprint density at radius 3 is 2.41 bits per heavy atom. The van der Waals surface area contributed by atoms with Crippen LogP contribution in [0.5, 0.6) is 0 Å². The van der Waals surface area contributed by atoms with E-state index in [2.05, 4.69) is 16.6 Å². The summed E-state index contributed by atoms with van der Waals surface area (Å²) in [6, 6.07) is 11.3. The van der Waals surface area contributed by atoms with Crippen molar-refractivity contribution < 1.29 is 37.1 Å². The summed E-state index contributed by atoms with van der Waals surface area (Å²) in [5.41, 5.74) is 6.87. The Balaban J connectivity index is 2.07. The van der Waals surface area contributed by atoms with E-state index in [0.717, 1.165) is 4.90 Å². The number of carbonyl (C=O) groups excluding carboxylic acids is 4. The van der Waals surface area contributed by atoms with Gasteiger partial charge in [-0.15, -0.1) is 0 Å². The molecule has 2 aromatic rings. The number of unbranched alkanes of at least 4 members (excludes halogenated alkanes) is 1. The van der Waals surface area contributed by atoms with Gasteiger partial charge in [0.2, 0.25) is 5.91 Å². The number of carbonyl (C=O) groups is 4. The van der Waals surface area contributed by atoms with E-state index in [9.17, 15) is 32.3 Å². The molecule has 1 heterocycles. The number of hydrogen-bond donors (Lipinski definition) is 1. The highest BCUT2D eigenvalue weighted by molar-refractivity contribution is 6.10. The van der Waals surface area contributed by atoms with Gasteiger partial charge < -0.3 is 20.3 Å². The van der Waals surface area contributed by atoms with E-state index in [1.807, 2.05) is 0 Å². The lowest BCUT2D eigenvalue weighted by atomic mass is 10.00. The van der Waals surface area contributed by atoms with Crippen LogP contribution in [0.2, 0.25) is 0 Å². The topological polar surface area (TPSA) is 110 Å². The Kier molecular flexibility index (Phi) is 9.48. The predicted octanol–water partition coefficient (Wildman–Crippen LogP) is 3.74. The van der Waals surface area contributed by atoms with Crippen LogP contribution in [0.4, 0.5) is 18.9 Å². The van der Waals surface area contributed by atoms with Crippen molar-refractivity contribution >= 4 is 29.4 Å². The molecule has 0 saturated heterocycles. The van der Waals surface area contributed by atoms with Crippen LogP contribution >= 0.6 is 0 Å². The number of rotatable bonds is 7. The van der Waals surface area contributed by atoms with E-state index in [1.54, 1.807) is 62.4 Å². The molecule has 2 aromatic carbocycles. The molecule has 3 rings (SSSR count). The maximum atomic E-state index is 13.9. The van der Waals surface area contributed by atoms with Gasteiger partial charge in [0.25, 0.3) is 5.91 Å². The van der Waals surface area contributed by atoms with Gasteiger partial charge in [-0.2, -0.15) is 13.2 Å². The number of alkyl halides is 3. The number of fused-ring (bicyclic) bond motifs is 1. The second kappa shape index (κ2) is 12.6. The fourth-order valence-electron chi connectivity index (χ4n) is 4.19. The molecule has 0 bridgehead atoms. The molecule has 1 unspecified atom stereocenters. The van der Waals surface area contributed by atoms with Gasteiger partial charge in [0.15, 0.2) is 0 Å². The van der Waals surface area contributed by atoms with Crippen LogP contribution in [-0.4, -0.2) is 54.0 Å². The quantitative estimate of drug-likeness (QED) is 0.247. The van der Waals surface area contributed by atoms with Crippen LogP contribution in [-0.2, 0) is 19.1 Å². The second-order valence-electron chi connectivity index (χ2n) is 9.11. The number of esters is 2. The third-order valence-electron chi connectivity index (χ3n) is 5.94. The van der Waals surface area contributed by atoms with Crippen molar-refractivity contribution in [1.29, 1.82) is 0 Å². The van der Waals surface area contributed by atoms with Crippen molar-refractivity contribution in [2.24, 2.45) is 5.73 Å². The van der Waals surface area contributed by atoms with E-state index in [0.29, 0.717) is 36.2 Å². The molecule has 8 nitrogen and oxygen atoms in total. The van der Waals surface area contributed by atoms with Crippen molar-refractivity contribution in [3.05, 3.63) is 65.2 Å². The normalized spacial score (nSPS) is 14.3. The van der Waals surface area contributed by atoms with Crippen molar-refractivity contribution in [1.82, 2.24) is 4.90 Å². The average Bonchev–Trinajstić information content (AvgIpc) is 2.99. The minimum atomic E-state index is -5.37. The molecule has 0 spiro atoms. The molecule has 39 heavy (non-hydrogen) atoms. The van der Waals surface area contributed by atoms with Gasteiger partial charge in [0.05, 0.1) is 23.7 Å². The largest absolute Gasteiger partial charge is 0.491 e. The molecular weight excluding hydrogens is 515 g/mol. The fraction of sp³-hybridized carbons (Fsp3) is 0.357. The van der Waals surface area contributed by atoms with Crippen LogP contribution in [0.15, 0.2) is 48.5 Å². The number of anilines is 1. The standard InChI is InChI=1S/C28H28F3N3O5/c1-18(2)34-22-13-12-19(9-5-4-8-14-32)15-21(22)26(37)33(17-24(34)35)23(20-10-6-3-7-11-20)16-25(36)39-27(38)28(29,30)31/h3,6-7,10-13,15,18,23H,4,8,14,16-17,32H2,1-2H3. The molecule has 11 heteroatoms. The summed E-state index contributed by atoms with van der Waals surface area (Å²) in [5.74, 6) is 0.712. The summed E-state index contributed by atoms with van der Waals surface area (Å²) < 4.78 is 42.1. The minimum absolute atomic E-state index is 0.140. The highest BCUT2D eigenvalue weighted by atomic mass is 19.4. The third kappa shape index (κ3) is 7.23. The van der Waals surface area contributed by atoms with E-state index in [-0.39, 0.29) is 11.6 Å². The fourth-order valence-corrected chi connectivity index (χ4v) is 4.19. The van der Waals surface area contributed by atoms with E-state index >= 15 is 0 Å². The van der Waals surface area contributed by atoms with Gasteiger partial charge in [0.1, 0.15) is 6.54 Å². The highest BCUT2D eigenvalue weighted by Gasteiger charge is 2.43. The first-order valence-corrected chi connectivity index (χ1v) is 12.3. The summed E-state index contributed by atoms with van der Waals surface area (Å²) >= 11 is 0. The number of benzene rings is 2. The Bertz CT molecular complexity index is 1300. The van der Waals surface area contributed by atoms with Gasteiger partial charge in [-0.1, -0.05) is 42.2 Å². The molecule has 206 valence electrons. The van der Waals surface area contributed by atoms with Crippen molar-refractivity contribution in [3.63, 3.8) is 0 Å². The second-order valence-corrected chi connectivity index (χ2v) is 9.11. The van der Waals surface area contributed by atoms with Crippen LogP contribution in [0.25, 0.3) is 0 Å². The third-order valence-corrected chi connectivity index (χ3v) is 5.94. The molecule has 1 aliphatic rings. The van der Waals surface area contributed by atoms with Gasteiger partial charge in [-0.3, -0.25) is 14.4 Å². The van der Waals surface area contributed by atoms with Crippen LogP contribution in [0.1, 0.15) is 60.6 Å². The average molecular weight is 544 g/mol. The van der Waals surface area contributed by atoms with Crippen molar-refractivity contribution in [3.8, 4) is 11.8 Å². The Labute approximate surface area is 223 Å². The van der Waals surface area contributed by atoms with Gasteiger partial charge in [-0.05, 0) is 50.6 Å². The molecule has 0 aromatic heterocycles. The molecule has 0 aliphatic carbocycles. The highest BCUT2D eigenvalue weighted by Crippen LogP contribution is 2.34. The summed E-state index contributed by atoms with van der Waals surface area (Å²) in [5, 5.41) is 0. The number of nitrogens with two attached hydrogens (primary N) is 1. The molecular formula is C28H28F3N3O5. The number of ether oxygens (including phenoxy) is 1. The van der Waals surface area contributed by atoms with Crippen LogP contribution in [0.3, 0.4) is 0 Å². The lowest BCUT2D eigenvalue weighted by Gasteiger charge is -2.30. The Morgan fingerprint density at radius 1 is 1.10 bits per heavy atom. The SMILES string of the molecule is CC(C)N1C(=O)CN(C(CC(=O)OC(=O)C(F)(F)F)c2ccccc2)C(=O)c2cc(C#CCCCN)ccc21. The summed E-state index contributed by atoms with van der Waals surface area (Å²) in [7, 11) is 0. The molecule has 0 saturated carbocycles. The molecule has 2 amide bonds. The van der Waals surface area contributed by atoms with Crippen molar-refractivity contribution in [2.75, 3.05) is 18.0 Å².